The molecule has 0 aromatic heterocycles. The molecule has 3 heterocycles. The summed E-state index contributed by atoms with van der Waals surface area (Å²) in [6.07, 6.45) is 5.92. The van der Waals surface area contributed by atoms with Crippen molar-refractivity contribution in [1.82, 2.24) is 15.1 Å². The number of carbonyl (C=O) groups excluding carboxylic acids is 2. The summed E-state index contributed by atoms with van der Waals surface area (Å²) in [6.45, 7) is 2.55. The Kier molecular flexibility index (Phi) is 5.27. The Morgan fingerprint density at radius 3 is 2.93 bits per heavy atom. The number of hydrogen-bond acceptors (Lipinski definition) is 4. The van der Waals surface area contributed by atoms with Crippen LogP contribution in [0.15, 0.2) is 36.0 Å². The number of rotatable bonds is 3. The first-order valence-electron chi connectivity index (χ1n) is 9.89. The molecule has 2 bridgehead atoms. The molecule has 6 heteroatoms. The van der Waals surface area contributed by atoms with Crippen LogP contribution in [0.5, 0.6) is 0 Å². The predicted molar refractivity (Wildman–Crippen MR) is 102 cm³/mol. The van der Waals surface area contributed by atoms with Crippen LogP contribution in [0.25, 0.3) is 0 Å². The van der Waals surface area contributed by atoms with Gasteiger partial charge in [0.15, 0.2) is 0 Å². The first kappa shape index (κ1) is 18.2. The zero-order valence-corrected chi connectivity index (χ0v) is 15.6. The predicted octanol–water partition coefficient (Wildman–Crippen LogP) is 1.48. The highest BCUT2D eigenvalue weighted by molar-refractivity contribution is 5.97. The van der Waals surface area contributed by atoms with E-state index in [1.165, 1.54) is 0 Å². The molecule has 6 nitrogen and oxygen atoms in total. The lowest BCUT2D eigenvalue weighted by Crippen LogP contribution is -2.48. The zero-order chi connectivity index (χ0) is 18.8. The van der Waals surface area contributed by atoms with Gasteiger partial charge < -0.3 is 15.3 Å². The quantitative estimate of drug-likeness (QED) is 0.846. The van der Waals surface area contributed by atoms with Gasteiger partial charge in [-0.25, -0.2) is 0 Å². The van der Waals surface area contributed by atoms with E-state index in [9.17, 15) is 14.7 Å². The van der Waals surface area contributed by atoms with Crippen molar-refractivity contribution in [1.29, 1.82) is 0 Å². The van der Waals surface area contributed by atoms with Gasteiger partial charge in [0.25, 0.3) is 5.91 Å². The minimum absolute atomic E-state index is 0.0246. The summed E-state index contributed by atoms with van der Waals surface area (Å²) in [5.41, 5.74) is 2.58. The van der Waals surface area contributed by atoms with Gasteiger partial charge in [0, 0.05) is 42.7 Å². The average molecular weight is 369 g/mol. The monoisotopic (exact) mass is 369 g/mol. The molecule has 4 rings (SSSR count). The molecule has 0 radical (unpaired) electrons. The topological polar surface area (TPSA) is 72.9 Å². The van der Waals surface area contributed by atoms with Crippen molar-refractivity contribution in [3.8, 4) is 0 Å². The Bertz CT molecular complexity index is 761. The van der Waals surface area contributed by atoms with Crippen molar-refractivity contribution in [3.05, 3.63) is 47.2 Å². The molecule has 2 unspecified atom stereocenters. The van der Waals surface area contributed by atoms with Crippen molar-refractivity contribution in [2.75, 3.05) is 32.8 Å². The molecule has 1 saturated heterocycles. The Morgan fingerprint density at radius 1 is 1.22 bits per heavy atom. The molecule has 0 saturated carbocycles. The van der Waals surface area contributed by atoms with Crippen molar-refractivity contribution in [2.24, 2.45) is 0 Å². The Labute approximate surface area is 159 Å². The molecule has 0 spiro atoms. The summed E-state index contributed by atoms with van der Waals surface area (Å²) in [5, 5.41) is 12.6. The normalized spacial score (nSPS) is 25.7. The highest BCUT2D eigenvalue weighted by Gasteiger charge is 2.31. The average Bonchev–Trinajstić information content (AvgIpc) is 2.98. The van der Waals surface area contributed by atoms with Gasteiger partial charge in [0.2, 0.25) is 5.91 Å². The van der Waals surface area contributed by atoms with Crippen LogP contribution in [-0.4, -0.2) is 65.5 Å². The Balaban J connectivity index is 1.51. The SMILES string of the molecule is O=C1NC2=CC(CN(C(=O)CN3CCCCC3CO)CC2)c2ccccc21. The van der Waals surface area contributed by atoms with Crippen LogP contribution in [0.1, 0.15) is 47.5 Å². The van der Waals surface area contributed by atoms with Gasteiger partial charge >= 0.3 is 0 Å². The van der Waals surface area contributed by atoms with Gasteiger partial charge in [-0.1, -0.05) is 30.7 Å². The molecular weight excluding hydrogens is 342 g/mol. The molecular formula is C21H27N3O3. The standard InChI is InChI=1S/C21H27N3O3/c25-14-17-5-3-4-9-23(17)13-20(26)24-10-8-16-11-15(12-24)18-6-1-2-7-19(18)21(27)22-16/h1-2,6-7,11,15,17,25H,3-5,8-10,12-14H2,(H,22,27). The second kappa shape index (κ2) is 7.82. The number of carbonyl (C=O) groups is 2. The van der Waals surface area contributed by atoms with E-state index in [1.807, 2.05) is 29.2 Å². The number of nitrogens with zero attached hydrogens (tertiary/aromatic N) is 2. The van der Waals surface area contributed by atoms with E-state index in [0.29, 0.717) is 31.6 Å². The fourth-order valence-corrected chi connectivity index (χ4v) is 4.47. The second-order valence-electron chi connectivity index (χ2n) is 7.73. The van der Waals surface area contributed by atoms with Crippen LogP contribution in [0.4, 0.5) is 0 Å². The van der Waals surface area contributed by atoms with Gasteiger partial charge in [-0.05, 0) is 31.0 Å². The number of piperidine rings is 1. The minimum atomic E-state index is -0.0572. The van der Waals surface area contributed by atoms with Crippen molar-refractivity contribution >= 4 is 11.8 Å². The molecule has 3 aliphatic heterocycles. The van der Waals surface area contributed by atoms with Crippen LogP contribution < -0.4 is 5.32 Å². The van der Waals surface area contributed by atoms with E-state index < -0.39 is 0 Å². The van der Waals surface area contributed by atoms with E-state index in [4.69, 9.17) is 0 Å². The number of hydrogen-bond donors (Lipinski definition) is 2. The molecule has 2 N–H and O–H groups in total. The smallest absolute Gasteiger partial charge is 0.255 e. The highest BCUT2D eigenvalue weighted by atomic mass is 16.3. The van der Waals surface area contributed by atoms with Crippen LogP contribution >= 0.6 is 0 Å². The molecule has 1 fully saturated rings. The molecule has 2 amide bonds. The highest BCUT2D eigenvalue weighted by Crippen LogP contribution is 2.30. The van der Waals surface area contributed by atoms with Gasteiger partial charge in [-0.2, -0.15) is 0 Å². The number of benzene rings is 1. The number of aliphatic hydroxyl groups excluding tert-OH is 1. The first-order valence-corrected chi connectivity index (χ1v) is 9.89. The van der Waals surface area contributed by atoms with Crippen molar-refractivity contribution in [3.63, 3.8) is 0 Å². The third kappa shape index (κ3) is 3.77. The lowest BCUT2D eigenvalue weighted by atomic mass is 9.94. The summed E-state index contributed by atoms with van der Waals surface area (Å²) in [5.74, 6) is 0.0780. The van der Waals surface area contributed by atoms with Gasteiger partial charge in [-0.3, -0.25) is 14.5 Å². The summed E-state index contributed by atoms with van der Waals surface area (Å²) in [4.78, 5) is 29.5. The lowest BCUT2D eigenvalue weighted by Gasteiger charge is -2.35. The van der Waals surface area contributed by atoms with E-state index in [1.54, 1.807) is 0 Å². The van der Waals surface area contributed by atoms with E-state index in [0.717, 1.165) is 37.1 Å². The second-order valence-corrected chi connectivity index (χ2v) is 7.73. The third-order valence-electron chi connectivity index (χ3n) is 6.00. The molecule has 144 valence electrons. The first-order chi connectivity index (χ1) is 13.2. The zero-order valence-electron chi connectivity index (χ0n) is 15.6. The van der Waals surface area contributed by atoms with E-state index >= 15 is 0 Å². The number of amides is 2. The lowest BCUT2D eigenvalue weighted by molar-refractivity contribution is -0.133. The van der Waals surface area contributed by atoms with Crippen LogP contribution in [0, 0.1) is 0 Å². The maximum absolute atomic E-state index is 13.0. The number of nitrogens with one attached hydrogen (secondary N) is 1. The largest absolute Gasteiger partial charge is 0.395 e. The molecule has 27 heavy (non-hydrogen) atoms. The minimum Gasteiger partial charge on any atom is -0.395 e. The van der Waals surface area contributed by atoms with Crippen LogP contribution in [-0.2, 0) is 4.79 Å². The van der Waals surface area contributed by atoms with Crippen LogP contribution in [0.2, 0.25) is 0 Å². The molecule has 2 atom stereocenters. The molecule has 1 aromatic rings. The molecule has 3 aliphatic rings. The fraction of sp³-hybridized carbons (Fsp3) is 0.524. The summed E-state index contributed by atoms with van der Waals surface area (Å²) < 4.78 is 0. The van der Waals surface area contributed by atoms with Crippen LogP contribution in [0.3, 0.4) is 0 Å². The maximum Gasteiger partial charge on any atom is 0.255 e. The van der Waals surface area contributed by atoms with Gasteiger partial charge in [-0.15, -0.1) is 0 Å². The Hall–Kier alpha value is -2.18. The van der Waals surface area contributed by atoms with Crippen molar-refractivity contribution < 1.29 is 14.7 Å². The molecule has 1 aromatic carbocycles. The van der Waals surface area contributed by atoms with Gasteiger partial charge in [0.1, 0.15) is 0 Å². The van der Waals surface area contributed by atoms with Gasteiger partial charge in [0.05, 0.1) is 13.2 Å². The van der Waals surface area contributed by atoms with E-state index in [2.05, 4.69) is 16.3 Å². The third-order valence-corrected chi connectivity index (χ3v) is 6.00. The summed E-state index contributed by atoms with van der Waals surface area (Å²) in [7, 11) is 0. The number of fused-ring (bicyclic) bond motifs is 3. The summed E-state index contributed by atoms with van der Waals surface area (Å²) >= 11 is 0. The van der Waals surface area contributed by atoms with E-state index in [-0.39, 0.29) is 30.4 Å². The van der Waals surface area contributed by atoms with Crippen molar-refractivity contribution in [2.45, 2.75) is 37.6 Å². The fourth-order valence-electron chi connectivity index (χ4n) is 4.47. The molecule has 0 aliphatic carbocycles. The summed E-state index contributed by atoms with van der Waals surface area (Å²) in [6, 6.07) is 7.75. The maximum atomic E-state index is 13.0. The Morgan fingerprint density at radius 2 is 2.07 bits per heavy atom. The number of aliphatic hydroxyl groups is 1. The number of likely N-dealkylation sites (tertiary alicyclic amines) is 1.